The van der Waals surface area contributed by atoms with Gasteiger partial charge in [0.2, 0.25) is 5.91 Å². The van der Waals surface area contributed by atoms with Gasteiger partial charge in [-0.05, 0) is 49.1 Å². The van der Waals surface area contributed by atoms with Gasteiger partial charge in [0.1, 0.15) is 5.75 Å². The monoisotopic (exact) mass is 426 g/mol. The molecule has 1 aliphatic heterocycles. The molecule has 0 saturated carbocycles. The number of nitrogens with zero attached hydrogens (tertiary/aromatic N) is 1. The maximum atomic E-state index is 12.5. The van der Waals surface area contributed by atoms with E-state index in [1.807, 2.05) is 24.3 Å². The predicted molar refractivity (Wildman–Crippen MR) is 120 cm³/mol. The summed E-state index contributed by atoms with van der Waals surface area (Å²) in [5.41, 5.74) is 2.36. The van der Waals surface area contributed by atoms with Crippen LogP contribution in [0.5, 0.6) is 17.2 Å². The molecule has 166 valence electrons. The number of carbonyl (C=O) groups excluding carboxylic acids is 2. The smallest absolute Gasteiger partial charge is 0.267 e. The highest BCUT2D eigenvalue weighted by molar-refractivity contribution is 6.00. The number of nitrogens with one attached hydrogen (secondary N) is 1. The third-order valence-electron chi connectivity index (χ3n) is 5.09. The van der Waals surface area contributed by atoms with Crippen molar-refractivity contribution in [1.29, 1.82) is 0 Å². The first-order chi connectivity index (χ1) is 14.8. The van der Waals surface area contributed by atoms with E-state index in [9.17, 15) is 9.59 Å². The Balaban J connectivity index is 1.66. The minimum absolute atomic E-state index is 0.0482. The number of hydrogen-bond acceptors (Lipinski definition) is 5. The number of ether oxygens (including phenoxy) is 3. The van der Waals surface area contributed by atoms with Gasteiger partial charge in [-0.3, -0.25) is 9.59 Å². The molecular formula is C24H30N2O5. The van der Waals surface area contributed by atoms with Crippen LogP contribution in [0.15, 0.2) is 36.4 Å². The topological polar surface area (TPSA) is 77.1 Å². The van der Waals surface area contributed by atoms with Crippen molar-refractivity contribution in [3.05, 3.63) is 42.0 Å². The van der Waals surface area contributed by atoms with E-state index in [0.717, 1.165) is 11.3 Å². The Kier molecular flexibility index (Phi) is 7.05. The van der Waals surface area contributed by atoms with Crippen molar-refractivity contribution in [2.24, 2.45) is 5.92 Å². The zero-order valence-electron chi connectivity index (χ0n) is 18.7. The van der Waals surface area contributed by atoms with Crippen LogP contribution in [0, 0.1) is 5.92 Å². The number of methoxy groups -OCH3 is 2. The maximum absolute atomic E-state index is 12.5. The molecule has 2 aromatic carbocycles. The lowest BCUT2D eigenvalue weighted by atomic mass is 10.1. The predicted octanol–water partition coefficient (Wildman–Crippen LogP) is 4.05. The van der Waals surface area contributed by atoms with Crippen molar-refractivity contribution in [2.45, 2.75) is 39.7 Å². The Morgan fingerprint density at radius 2 is 1.87 bits per heavy atom. The number of amides is 2. The molecule has 0 aromatic heterocycles. The maximum Gasteiger partial charge on any atom is 0.267 e. The molecule has 2 aromatic rings. The molecule has 0 radical (unpaired) electrons. The summed E-state index contributed by atoms with van der Waals surface area (Å²) >= 11 is 0. The molecule has 7 heteroatoms. The van der Waals surface area contributed by atoms with Crippen LogP contribution in [-0.2, 0) is 16.0 Å². The first-order valence-electron chi connectivity index (χ1n) is 10.4. The third kappa shape index (κ3) is 5.29. The Bertz CT molecular complexity index is 957. The highest BCUT2D eigenvalue weighted by Crippen LogP contribution is 2.37. The minimum atomic E-state index is -0.553. The number of rotatable bonds is 8. The van der Waals surface area contributed by atoms with Gasteiger partial charge in [-0.25, -0.2) is 0 Å². The molecule has 0 aliphatic carbocycles. The number of anilines is 2. The van der Waals surface area contributed by atoms with Gasteiger partial charge >= 0.3 is 0 Å². The van der Waals surface area contributed by atoms with Crippen LogP contribution in [0.2, 0.25) is 0 Å². The van der Waals surface area contributed by atoms with Gasteiger partial charge in [0, 0.05) is 24.7 Å². The summed E-state index contributed by atoms with van der Waals surface area (Å²) in [6, 6.07) is 11.0. The van der Waals surface area contributed by atoms with E-state index in [2.05, 4.69) is 19.2 Å². The van der Waals surface area contributed by atoms with Crippen molar-refractivity contribution in [1.82, 2.24) is 0 Å². The Morgan fingerprint density at radius 3 is 2.55 bits per heavy atom. The van der Waals surface area contributed by atoms with Crippen molar-refractivity contribution in [2.75, 3.05) is 31.0 Å². The SMILES string of the molecule is COc1ccc(CCC(=O)Nc2ccc3c(c2)OC(C)C(=O)N3CC(C)C)cc1OC. The summed E-state index contributed by atoms with van der Waals surface area (Å²) < 4.78 is 16.3. The van der Waals surface area contributed by atoms with E-state index in [0.29, 0.717) is 48.2 Å². The van der Waals surface area contributed by atoms with E-state index < -0.39 is 6.10 Å². The van der Waals surface area contributed by atoms with Crippen LogP contribution in [0.4, 0.5) is 11.4 Å². The second-order valence-corrected chi connectivity index (χ2v) is 8.02. The van der Waals surface area contributed by atoms with E-state index in [1.165, 1.54) is 0 Å². The summed E-state index contributed by atoms with van der Waals surface area (Å²) in [6.45, 7) is 6.50. The lowest BCUT2D eigenvalue weighted by molar-refractivity contribution is -0.125. The zero-order chi connectivity index (χ0) is 22.5. The average molecular weight is 427 g/mol. The van der Waals surface area contributed by atoms with Gasteiger partial charge in [0.15, 0.2) is 17.6 Å². The summed E-state index contributed by atoms with van der Waals surface area (Å²) in [5.74, 6) is 2.08. The molecule has 1 heterocycles. The first kappa shape index (κ1) is 22.5. The largest absolute Gasteiger partial charge is 0.493 e. The second kappa shape index (κ2) is 9.73. The molecule has 1 aliphatic rings. The Hall–Kier alpha value is -3.22. The fourth-order valence-electron chi connectivity index (χ4n) is 3.56. The fourth-order valence-corrected chi connectivity index (χ4v) is 3.56. The summed E-state index contributed by atoms with van der Waals surface area (Å²) in [6.07, 6.45) is 0.339. The van der Waals surface area contributed by atoms with Gasteiger partial charge in [0.05, 0.1) is 19.9 Å². The second-order valence-electron chi connectivity index (χ2n) is 8.02. The molecule has 2 amide bonds. The first-order valence-corrected chi connectivity index (χ1v) is 10.4. The standard InChI is InChI=1S/C24H30N2O5/c1-15(2)14-26-19-9-8-18(13-21(19)31-16(3)24(26)28)25-23(27)11-7-17-6-10-20(29-4)22(12-17)30-5/h6,8-10,12-13,15-16H,7,11,14H2,1-5H3,(H,25,27). The number of benzene rings is 2. The van der Waals surface area contributed by atoms with Crippen molar-refractivity contribution in [3.63, 3.8) is 0 Å². The molecule has 1 atom stereocenters. The van der Waals surface area contributed by atoms with Gasteiger partial charge in [-0.2, -0.15) is 0 Å². The van der Waals surface area contributed by atoms with Crippen LogP contribution < -0.4 is 24.4 Å². The van der Waals surface area contributed by atoms with Crippen LogP contribution >= 0.6 is 0 Å². The van der Waals surface area contributed by atoms with Crippen LogP contribution in [-0.4, -0.2) is 38.7 Å². The highest BCUT2D eigenvalue weighted by Gasteiger charge is 2.32. The lowest BCUT2D eigenvalue weighted by Gasteiger charge is -2.34. The van der Waals surface area contributed by atoms with Crippen molar-refractivity contribution >= 4 is 23.2 Å². The van der Waals surface area contributed by atoms with Gasteiger partial charge in [-0.15, -0.1) is 0 Å². The number of aryl methyl sites for hydroxylation is 1. The van der Waals surface area contributed by atoms with E-state index in [4.69, 9.17) is 14.2 Å². The molecule has 1 N–H and O–H groups in total. The molecule has 7 nitrogen and oxygen atoms in total. The minimum Gasteiger partial charge on any atom is -0.493 e. The van der Waals surface area contributed by atoms with E-state index in [-0.39, 0.29) is 11.8 Å². The molecule has 31 heavy (non-hydrogen) atoms. The Labute approximate surface area is 183 Å². The van der Waals surface area contributed by atoms with Crippen molar-refractivity contribution in [3.8, 4) is 17.2 Å². The Morgan fingerprint density at radius 1 is 1.13 bits per heavy atom. The molecule has 1 unspecified atom stereocenters. The van der Waals surface area contributed by atoms with E-state index in [1.54, 1.807) is 38.2 Å². The summed E-state index contributed by atoms with van der Waals surface area (Å²) in [4.78, 5) is 26.8. The fraction of sp³-hybridized carbons (Fsp3) is 0.417. The molecule has 3 rings (SSSR count). The summed E-state index contributed by atoms with van der Waals surface area (Å²) in [7, 11) is 3.18. The van der Waals surface area contributed by atoms with Gasteiger partial charge < -0.3 is 24.4 Å². The van der Waals surface area contributed by atoms with Gasteiger partial charge in [-0.1, -0.05) is 19.9 Å². The van der Waals surface area contributed by atoms with Gasteiger partial charge in [0.25, 0.3) is 5.91 Å². The van der Waals surface area contributed by atoms with Crippen LogP contribution in [0.3, 0.4) is 0 Å². The van der Waals surface area contributed by atoms with Crippen LogP contribution in [0.25, 0.3) is 0 Å². The normalized spacial score (nSPS) is 15.4. The third-order valence-corrected chi connectivity index (χ3v) is 5.09. The lowest BCUT2D eigenvalue weighted by Crippen LogP contribution is -2.46. The number of carbonyl (C=O) groups is 2. The summed E-state index contributed by atoms with van der Waals surface area (Å²) in [5, 5.41) is 2.92. The molecule has 0 fully saturated rings. The average Bonchev–Trinajstić information content (AvgIpc) is 2.74. The quantitative estimate of drug-likeness (QED) is 0.689. The molecule has 0 spiro atoms. The molecular weight excluding hydrogens is 396 g/mol. The number of fused-ring (bicyclic) bond motifs is 1. The van der Waals surface area contributed by atoms with Crippen LogP contribution in [0.1, 0.15) is 32.8 Å². The molecule has 0 bridgehead atoms. The van der Waals surface area contributed by atoms with Crippen molar-refractivity contribution < 1.29 is 23.8 Å². The highest BCUT2D eigenvalue weighted by atomic mass is 16.5. The number of hydrogen-bond donors (Lipinski definition) is 1. The van der Waals surface area contributed by atoms with E-state index >= 15 is 0 Å². The molecule has 0 saturated heterocycles. The zero-order valence-corrected chi connectivity index (χ0v) is 18.7.